The molecule has 1 fully saturated rings. The van der Waals surface area contributed by atoms with E-state index in [1.165, 1.54) is 25.7 Å². The zero-order chi connectivity index (χ0) is 16.8. The van der Waals surface area contributed by atoms with Crippen LogP contribution in [0.15, 0.2) is 24.4 Å². The molecule has 24 heavy (non-hydrogen) atoms. The van der Waals surface area contributed by atoms with Gasteiger partial charge in [-0.1, -0.05) is 12.8 Å². The fraction of sp³-hybridized carbons (Fsp3) is 0.471. The summed E-state index contributed by atoms with van der Waals surface area (Å²) in [6.07, 6.45) is 6.69. The fourth-order valence-electron chi connectivity index (χ4n) is 2.84. The van der Waals surface area contributed by atoms with Crippen molar-refractivity contribution in [1.29, 1.82) is 0 Å². The highest BCUT2D eigenvalue weighted by atomic mass is 16.5. The van der Waals surface area contributed by atoms with Crippen molar-refractivity contribution < 1.29 is 9.47 Å². The average Bonchev–Trinajstić information content (AvgIpc) is 2.91. The lowest BCUT2D eigenvalue weighted by molar-refractivity contribution is 0.355. The number of nitrogens with zero attached hydrogens (tertiary/aromatic N) is 4. The van der Waals surface area contributed by atoms with Gasteiger partial charge in [-0.3, -0.25) is 0 Å². The molecule has 1 aliphatic rings. The van der Waals surface area contributed by atoms with Gasteiger partial charge in [-0.2, -0.15) is 10.1 Å². The second-order valence-corrected chi connectivity index (χ2v) is 5.73. The van der Waals surface area contributed by atoms with Gasteiger partial charge in [-0.25, -0.2) is 0 Å². The van der Waals surface area contributed by atoms with Gasteiger partial charge in [0, 0.05) is 24.8 Å². The van der Waals surface area contributed by atoms with Crippen LogP contribution in [0.2, 0.25) is 0 Å². The van der Waals surface area contributed by atoms with Crippen molar-refractivity contribution in [3.63, 3.8) is 0 Å². The fourth-order valence-corrected chi connectivity index (χ4v) is 2.84. The Bertz CT molecular complexity index is 672. The molecule has 0 bridgehead atoms. The highest BCUT2D eigenvalue weighted by molar-refractivity contribution is 5.60. The van der Waals surface area contributed by atoms with Crippen LogP contribution in [0, 0.1) is 0 Å². The molecule has 0 saturated carbocycles. The first-order chi connectivity index (χ1) is 11.8. The summed E-state index contributed by atoms with van der Waals surface area (Å²) in [7, 11) is 3.22. The first-order valence-corrected chi connectivity index (χ1v) is 8.24. The summed E-state index contributed by atoms with van der Waals surface area (Å²) in [5.74, 6) is 2.68. The van der Waals surface area contributed by atoms with Gasteiger partial charge in [0.25, 0.3) is 0 Å². The van der Waals surface area contributed by atoms with E-state index in [4.69, 9.17) is 9.47 Å². The van der Waals surface area contributed by atoms with Crippen molar-refractivity contribution in [3.05, 3.63) is 24.4 Å². The van der Waals surface area contributed by atoms with Crippen LogP contribution in [0.3, 0.4) is 0 Å². The molecular formula is C17H23N5O2. The van der Waals surface area contributed by atoms with Crippen LogP contribution in [0.25, 0.3) is 0 Å². The Hall–Kier alpha value is -2.57. The summed E-state index contributed by atoms with van der Waals surface area (Å²) in [4.78, 5) is 6.88. The summed E-state index contributed by atoms with van der Waals surface area (Å²) in [6, 6.07) is 5.58. The molecule has 0 amide bonds. The quantitative estimate of drug-likeness (QED) is 0.904. The largest absolute Gasteiger partial charge is 0.493 e. The van der Waals surface area contributed by atoms with Gasteiger partial charge in [0.15, 0.2) is 17.3 Å². The predicted octanol–water partition coefficient (Wildman–Crippen LogP) is 3.01. The van der Waals surface area contributed by atoms with Crippen LogP contribution in [0.5, 0.6) is 11.5 Å². The average molecular weight is 329 g/mol. The second-order valence-electron chi connectivity index (χ2n) is 5.73. The predicted molar refractivity (Wildman–Crippen MR) is 93.3 cm³/mol. The van der Waals surface area contributed by atoms with Gasteiger partial charge < -0.3 is 19.7 Å². The molecule has 0 atom stereocenters. The molecule has 1 aliphatic heterocycles. The first-order valence-electron chi connectivity index (χ1n) is 8.24. The van der Waals surface area contributed by atoms with Crippen molar-refractivity contribution in [2.75, 3.05) is 37.5 Å². The Labute approximate surface area is 142 Å². The van der Waals surface area contributed by atoms with Crippen LogP contribution >= 0.6 is 0 Å². The van der Waals surface area contributed by atoms with E-state index in [1.54, 1.807) is 20.4 Å². The molecule has 7 nitrogen and oxygen atoms in total. The number of benzene rings is 1. The van der Waals surface area contributed by atoms with Crippen LogP contribution in [-0.4, -0.2) is 42.5 Å². The van der Waals surface area contributed by atoms with Crippen molar-refractivity contribution >= 4 is 17.5 Å². The maximum Gasteiger partial charge on any atom is 0.249 e. The molecule has 0 spiro atoms. The number of hydrogen-bond acceptors (Lipinski definition) is 7. The third kappa shape index (κ3) is 3.84. The molecule has 2 aromatic rings. The van der Waals surface area contributed by atoms with Gasteiger partial charge >= 0.3 is 0 Å². The minimum Gasteiger partial charge on any atom is -0.493 e. The molecule has 0 unspecified atom stereocenters. The second kappa shape index (κ2) is 7.81. The van der Waals surface area contributed by atoms with Crippen molar-refractivity contribution in [3.8, 4) is 11.5 Å². The Kier molecular flexibility index (Phi) is 5.30. The Morgan fingerprint density at radius 2 is 1.75 bits per heavy atom. The topological polar surface area (TPSA) is 72.4 Å². The normalized spacial score (nSPS) is 14.8. The molecule has 3 rings (SSSR count). The zero-order valence-corrected chi connectivity index (χ0v) is 14.2. The number of hydrogen-bond donors (Lipinski definition) is 1. The van der Waals surface area contributed by atoms with Crippen molar-refractivity contribution in [2.24, 2.45) is 0 Å². The third-order valence-electron chi connectivity index (χ3n) is 4.12. The zero-order valence-electron chi connectivity index (χ0n) is 14.2. The van der Waals surface area contributed by atoms with E-state index in [1.807, 2.05) is 18.2 Å². The van der Waals surface area contributed by atoms with Crippen LogP contribution in [0.1, 0.15) is 25.7 Å². The van der Waals surface area contributed by atoms with E-state index in [0.717, 1.165) is 24.6 Å². The summed E-state index contributed by atoms with van der Waals surface area (Å²) in [5.41, 5.74) is 0.822. The number of aromatic nitrogens is 3. The molecule has 0 radical (unpaired) electrons. The summed E-state index contributed by atoms with van der Waals surface area (Å²) >= 11 is 0. The van der Waals surface area contributed by atoms with Gasteiger partial charge in [0.1, 0.15) is 0 Å². The smallest absolute Gasteiger partial charge is 0.249 e. The van der Waals surface area contributed by atoms with Crippen molar-refractivity contribution in [1.82, 2.24) is 15.2 Å². The minimum atomic E-state index is 0.476. The highest BCUT2D eigenvalue weighted by Crippen LogP contribution is 2.30. The van der Waals surface area contributed by atoms with E-state index in [-0.39, 0.29) is 0 Å². The van der Waals surface area contributed by atoms with Crippen molar-refractivity contribution in [2.45, 2.75) is 25.7 Å². The third-order valence-corrected chi connectivity index (χ3v) is 4.12. The maximum absolute atomic E-state index is 5.32. The molecule has 1 saturated heterocycles. The Morgan fingerprint density at radius 1 is 1.00 bits per heavy atom. The van der Waals surface area contributed by atoms with Gasteiger partial charge in [0.2, 0.25) is 5.95 Å². The number of anilines is 3. The molecule has 128 valence electrons. The highest BCUT2D eigenvalue weighted by Gasteiger charge is 2.13. The van der Waals surface area contributed by atoms with E-state index < -0.39 is 0 Å². The molecule has 1 N–H and O–H groups in total. The van der Waals surface area contributed by atoms with Crippen LogP contribution in [0.4, 0.5) is 17.5 Å². The summed E-state index contributed by atoms with van der Waals surface area (Å²) < 4.78 is 10.6. The number of rotatable bonds is 5. The molecule has 2 heterocycles. The Balaban J connectivity index is 1.77. The standard InChI is InChI=1S/C17H23N5O2/c1-23-14-8-7-13(11-15(14)24-2)19-17-20-16(12-18-21-17)22-9-5-3-4-6-10-22/h7-8,11-12H,3-6,9-10H2,1-2H3,(H,19,20,21). The van der Waals surface area contributed by atoms with Crippen LogP contribution < -0.4 is 19.7 Å². The number of nitrogens with one attached hydrogen (secondary N) is 1. The lowest BCUT2D eigenvalue weighted by atomic mass is 10.2. The summed E-state index contributed by atoms with van der Waals surface area (Å²) in [5, 5.41) is 11.3. The minimum absolute atomic E-state index is 0.476. The lowest BCUT2D eigenvalue weighted by Crippen LogP contribution is -2.25. The molecule has 0 aliphatic carbocycles. The molecule has 7 heteroatoms. The first kappa shape index (κ1) is 16.3. The van der Waals surface area contributed by atoms with Gasteiger partial charge in [-0.05, 0) is 25.0 Å². The SMILES string of the molecule is COc1ccc(Nc2nncc(N3CCCCCC3)n2)cc1OC. The monoisotopic (exact) mass is 329 g/mol. The number of ether oxygens (including phenoxy) is 2. The van der Waals surface area contributed by atoms with Crippen LogP contribution in [-0.2, 0) is 0 Å². The molecular weight excluding hydrogens is 306 g/mol. The van der Waals surface area contributed by atoms with Gasteiger partial charge in [-0.15, -0.1) is 5.10 Å². The van der Waals surface area contributed by atoms with E-state index in [9.17, 15) is 0 Å². The van der Waals surface area contributed by atoms with E-state index >= 15 is 0 Å². The maximum atomic E-state index is 5.32. The molecule has 1 aromatic heterocycles. The lowest BCUT2D eigenvalue weighted by Gasteiger charge is -2.21. The van der Waals surface area contributed by atoms with E-state index in [2.05, 4.69) is 25.4 Å². The summed E-state index contributed by atoms with van der Waals surface area (Å²) in [6.45, 7) is 2.04. The van der Waals surface area contributed by atoms with Gasteiger partial charge in [0.05, 0.1) is 20.4 Å². The Morgan fingerprint density at radius 3 is 2.46 bits per heavy atom. The number of methoxy groups -OCH3 is 2. The molecule has 1 aromatic carbocycles. The van der Waals surface area contributed by atoms with E-state index in [0.29, 0.717) is 17.4 Å².